The molecule has 0 radical (unpaired) electrons. The fraction of sp³-hybridized carbons (Fsp3) is 0.379. The van der Waals surface area contributed by atoms with Gasteiger partial charge in [-0.3, -0.25) is 4.98 Å². The molecule has 10 heteroatoms. The molecule has 3 aromatic heterocycles. The molecule has 1 aliphatic rings. The Morgan fingerprint density at radius 1 is 1.15 bits per heavy atom. The Balaban J connectivity index is 1.42. The van der Waals surface area contributed by atoms with Gasteiger partial charge in [-0.1, -0.05) is 6.92 Å². The third kappa shape index (κ3) is 5.46. The summed E-state index contributed by atoms with van der Waals surface area (Å²) in [4.78, 5) is 8.92. The zero-order valence-electron chi connectivity index (χ0n) is 21.8. The summed E-state index contributed by atoms with van der Waals surface area (Å²) >= 11 is 0. The summed E-state index contributed by atoms with van der Waals surface area (Å²) in [6.07, 6.45) is 7.63. The highest BCUT2D eigenvalue weighted by Crippen LogP contribution is 2.38. The molecule has 1 saturated carbocycles. The van der Waals surface area contributed by atoms with Gasteiger partial charge in [0.2, 0.25) is 0 Å². The standard InChI is InChI=1S/C29H30F2N6O2/c1-17-10-18(11-25(33)29(17)39-9-3-7-32)22-6-8-34-15-19(22)12-27-35-16-20-4-5-26(36-37(20)27)28-23(30)13-21(38-2)14-24(28)31/h4-6,8,13-18,25,29H,3,9-12,33H2,1-2H3/t17-,18+,25+,29-/m0/s1. The number of fused-ring (bicyclic) bond motifs is 1. The first-order valence-electron chi connectivity index (χ1n) is 12.9. The molecule has 2 N–H and O–H groups in total. The van der Waals surface area contributed by atoms with Gasteiger partial charge < -0.3 is 15.2 Å². The van der Waals surface area contributed by atoms with Crippen LogP contribution in [0.15, 0.2) is 48.9 Å². The van der Waals surface area contributed by atoms with E-state index in [4.69, 9.17) is 20.5 Å². The first-order chi connectivity index (χ1) is 18.9. The molecule has 1 aromatic carbocycles. The van der Waals surface area contributed by atoms with Gasteiger partial charge in [0.25, 0.3) is 0 Å². The molecule has 0 aliphatic heterocycles. The molecule has 0 saturated heterocycles. The van der Waals surface area contributed by atoms with Crippen LogP contribution in [-0.2, 0) is 11.2 Å². The molecular weight excluding hydrogens is 502 g/mol. The number of nitriles is 1. The van der Waals surface area contributed by atoms with Crippen molar-refractivity contribution < 1.29 is 18.3 Å². The van der Waals surface area contributed by atoms with Gasteiger partial charge in [0.05, 0.1) is 55.3 Å². The van der Waals surface area contributed by atoms with E-state index in [9.17, 15) is 8.78 Å². The van der Waals surface area contributed by atoms with E-state index < -0.39 is 11.6 Å². The SMILES string of the molecule is COc1cc(F)c(-c2ccc3cnc(Cc4cnccc4[C@H]4C[C@@H](N)[C@@H](OCCC#N)[C@@H](C)C4)n3n2)c(F)c1. The quantitative estimate of drug-likeness (QED) is 0.324. The van der Waals surface area contributed by atoms with Crippen molar-refractivity contribution in [2.75, 3.05) is 13.7 Å². The maximum Gasteiger partial charge on any atom is 0.139 e. The van der Waals surface area contributed by atoms with Crippen LogP contribution in [0.1, 0.15) is 49.1 Å². The van der Waals surface area contributed by atoms with Crippen molar-refractivity contribution in [3.63, 3.8) is 0 Å². The van der Waals surface area contributed by atoms with Gasteiger partial charge in [0.15, 0.2) is 0 Å². The lowest BCUT2D eigenvalue weighted by molar-refractivity contribution is -0.0199. The van der Waals surface area contributed by atoms with Crippen LogP contribution >= 0.6 is 0 Å². The molecule has 3 heterocycles. The summed E-state index contributed by atoms with van der Waals surface area (Å²) in [6.45, 7) is 2.52. The Labute approximate surface area is 225 Å². The van der Waals surface area contributed by atoms with Crippen LogP contribution in [0.25, 0.3) is 16.8 Å². The normalized spacial score (nSPS) is 21.1. The van der Waals surface area contributed by atoms with Crippen LogP contribution in [0.4, 0.5) is 8.78 Å². The van der Waals surface area contributed by atoms with E-state index in [1.807, 2.05) is 12.3 Å². The van der Waals surface area contributed by atoms with Crippen molar-refractivity contribution in [2.45, 2.75) is 50.7 Å². The number of halogens is 2. The van der Waals surface area contributed by atoms with Crippen LogP contribution in [0.3, 0.4) is 0 Å². The minimum absolute atomic E-state index is 0.0857. The molecule has 0 amide bonds. The second-order valence-corrected chi connectivity index (χ2v) is 10.00. The number of rotatable bonds is 8. The second kappa shape index (κ2) is 11.4. The van der Waals surface area contributed by atoms with Crippen LogP contribution in [-0.4, -0.2) is 45.4 Å². The van der Waals surface area contributed by atoms with Crippen molar-refractivity contribution in [2.24, 2.45) is 11.7 Å². The fourth-order valence-electron chi connectivity index (χ4n) is 5.60. The molecule has 0 unspecified atom stereocenters. The minimum atomic E-state index is -0.757. The van der Waals surface area contributed by atoms with Crippen molar-refractivity contribution in [1.29, 1.82) is 5.26 Å². The van der Waals surface area contributed by atoms with Gasteiger partial charge in [-0.05, 0) is 54.0 Å². The number of methoxy groups -OCH3 is 1. The Hall–Kier alpha value is -3.94. The van der Waals surface area contributed by atoms with E-state index in [-0.39, 0.29) is 41.0 Å². The van der Waals surface area contributed by atoms with Crippen LogP contribution in [0.5, 0.6) is 5.75 Å². The summed E-state index contributed by atoms with van der Waals surface area (Å²) in [5.74, 6) is -0.356. The number of nitrogens with two attached hydrogens (primary N) is 1. The van der Waals surface area contributed by atoms with Crippen LogP contribution in [0.2, 0.25) is 0 Å². The molecule has 8 nitrogen and oxygen atoms in total. The van der Waals surface area contributed by atoms with Gasteiger partial charge >= 0.3 is 0 Å². The highest BCUT2D eigenvalue weighted by molar-refractivity contribution is 5.63. The summed E-state index contributed by atoms with van der Waals surface area (Å²) in [6, 6.07) is 9.56. The number of ether oxygens (including phenoxy) is 2. The smallest absolute Gasteiger partial charge is 0.139 e. The Morgan fingerprint density at radius 2 is 1.95 bits per heavy atom. The summed E-state index contributed by atoms with van der Waals surface area (Å²) in [5.41, 5.74) is 9.30. The maximum absolute atomic E-state index is 14.8. The molecule has 1 aliphatic carbocycles. The van der Waals surface area contributed by atoms with Crippen molar-refractivity contribution in [1.82, 2.24) is 19.6 Å². The van der Waals surface area contributed by atoms with E-state index in [0.717, 1.165) is 36.1 Å². The summed E-state index contributed by atoms with van der Waals surface area (Å²) in [5, 5.41) is 13.4. The third-order valence-corrected chi connectivity index (χ3v) is 7.41. The molecule has 5 rings (SSSR count). The van der Waals surface area contributed by atoms with Gasteiger partial charge in [-0.25, -0.2) is 18.3 Å². The number of hydrogen-bond acceptors (Lipinski definition) is 7. The first kappa shape index (κ1) is 26.7. The Morgan fingerprint density at radius 3 is 2.67 bits per heavy atom. The van der Waals surface area contributed by atoms with Gasteiger partial charge in [-0.15, -0.1) is 0 Å². The van der Waals surface area contributed by atoms with Crippen LogP contribution < -0.4 is 10.5 Å². The highest BCUT2D eigenvalue weighted by atomic mass is 19.1. The van der Waals surface area contributed by atoms with Crippen LogP contribution in [0, 0.1) is 28.9 Å². The lowest BCUT2D eigenvalue weighted by Crippen LogP contribution is -2.46. The number of nitrogens with zero attached hydrogens (tertiary/aromatic N) is 5. The van der Waals surface area contributed by atoms with Crippen molar-refractivity contribution in [3.8, 4) is 23.1 Å². The number of imidazole rings is 1. The predicted molar refractivity (Wildman–Crippen MR) is 141 cm³/mol. The fourth-order valence-corrected chi connectivity index (χ4v) is 5.60. The third-order valence-electron chi connectivity index (χ3n) is 7.41. The molecule has 39 heavy (non-hydrogen) atoms. The zero-order chi connectivity index (χ0) is 27.5. The lowest BCUT2D eigenvalue weighted by atomic mass is 9.73. The van der Waals surface area contributed by atoms with Gasteiger partial charge in [0.1, 0.15) is 23.2 Å². The molecule has 4 aromatic rings. The molecule has 202 valence electrons. The van der Waals surface area contributed by atoms with E-state index in [0.29, 0.717) is 30.8 Å². The summed E-state index contributed by atoms with van der Waals surface area (Å²) < 4.78 is 42.0. The average molecular weight is 533 g/mol. The van der Waals surface area contributed by atoms with E-state index in [2.05, 4.69) is 28.1 Å². The van der Waals surface area contributed by atoms with E-state index in [1.54, 1.807) is 29.0 Å². The molecule has 1 fully saturated rings. The average Bonchev–Trinajstić information content (AvgIpc) is 3.32. The number of aromatic nitrogens is 4. The topological polar surface area (TPSA) is 111 Å². The lowest BCUT2D eigenvalue weighted by Gasteiger charge is -2.39. The monoisotopic (exact) mass is 532 g/mol. The first-order valence-corrected chi connectivity index (χ1v) is 12.9. The van der Waals surface area contributed by atoms with Crippen molar-refractivity contribution >= 4 is 5.52 Å². The highest BCUT2D eigenvalue weighted by Gasteiger charge is 2.35. The number of hydrogen-bond donors (Lipinski definition) is 1. The van der Waals surface area contributed by atoms with E-state index in [1.165, 1.54) is 7.11 Å². The minimum Gasteiger partial charge on any atom is -0.497 e. The number of pyridine rings is 1. The Bertz CT molecular complexity index is 1480. The maximum atomic E-state index is 14.8. The predicted octanol–water partition coefficient (Wildman–Crippen LogP) is 4.81. The van der Waals surface area contributed by atoms with Crippen molar-refractivity contribution in [3.05, 3.63) is 77.5 Å². The Kier molecular flexibility index (Phi) is 7.82. The largest absolute Gasteiger partial charge is 0.497 e. The summed E-state index contributed by atoms with van der Waals surface area (Å²) in [7, 11) is 1.35. The van der Waals surface area contributed by atoms with E-state index >= 15 is 0 Å². The molecule has 0 spiro atoms. The molecule has 4 atom stereocenters. The second-order valence-electron chi connectivity index (χ2n) is 10.00. The van der Waals surface area contributed by atoms with Gasteiger partial charge in [0, 0.05) is 37.0 Å². The molecular formula is C29H30F2N6O2. The van der Waals surface area contributed by atoms with Gasteiger partial charge in [-0.2, -0.15) is 10.4 Å². The number of benzene rings is 1. The zero-order valence-corrected chi connectivity index (χ0v) is 21.8. The molecule has 0 bridgehead atoms.